The third kappa shape index (κ3) is 4.43. The Morgan fingerprint density at radius 1 is 1.41 bits per heavy atom. The Kier molecular flexibility index (Phi) is 6.99. The van der Waals surface area contributed by atoms with Gasteiger partial charge in [0, 0.05) is 36.7 Å². The van der Waals surface area contributed by atoms with Crippen molar-refractivity contribution in [1.29, 1.82) is 0 Å². The van der Waals surface area contributed by atoms with Gasteiger partial charge in [0.2, 0.25) is 5.91 Å². The van der Waals surface area contributed by atoms with Gasteiger partial charge in [0.05, 0.1) is 36.4 Å². The van der Waals surface area contributed by atoms with Gasteiger partial charge in [-0.05, 0) is 37.8 Å². The number of thiophene rings is 1. The molecule has 1 aliphatic rings. The summed E-state index contributed by atoms with van der Waals surface area (Å²) in [4.78, 5) is 26.0. The summed E-state index contributed by atoms with van der Waals surface area (Å²) in [5.41, 5.74) is 9.21. The molecule has 1 aromatic carbocycles. The van der Waals surface area contributed by atoms with Crippen molar-refractivity contribution in [2.75, 3.05) is 38.9 Å². The molecule has 9 nitrogen and oxygen atoms in total. The predicted molar refractivity (Wildman–Crippen MR) is 135 cm³/mol. The number of carbonyl (C=O) groups is 1. The number of hydrogen-bond acceptors (Lipinski definition) is 8. The number of nitrogens with zero attached hydrogens (tertiary/aromatic N) is 3. The summed E-state index contributed by atoms with van der Waals surface area (Å²) in [7, 11) is 5.10. The highest BCUT2D eigenvalue weighted by atomic mass is 32.1. The van der Waals surface area contributed by atoms with Gasteiger partial charge in [-0.15, -0.1) is 11.3 Å². The van der Waals surface area contributed by atoms with E-state index in [2.05, 4.69) is 15.3 Å². The van der Waals surface area contributed by atoms with Gasteiger partial charge in [0.25, 0.3) is 0 Å². The first-order chi connectivity index (χ1) is 16.4. The summed E-state index contributed by atoms with van der Waals surface area (Å²) < 4.78 is 10.7. The number of methoxy groups -OCH3 is 2. The van der Waals surface area contributed by atoms with Crippen LogP contribution < -0.4 is 21.2 Å². The topological polar surface area (TPSA) is 128 Å². The minimum Gasteiger partial charge on any atom is -0.494 e. The van der Waals surface area contributed by atoms with E-state index in [1.54, 1.807) is 42.8 Å². The fraction of sp³-hybridized carbons (Fsp3) is 0.417. The maximum Gasteiger partial charge on any atom is 0.226 e. The second kappa shape index (κ2) is 9.94. The fourth-order valence-corrected chi connectivity index (χ4v) is 5.69. The lowest BCUT2D eigenvalue weighted by molar-refractivity contribution is -0.137. The highest BCUT2D eigenvalue weighted by Crippen LogP contribution is 2.42. The third-order valence-corrected chi connectivity index (χ3v) is 7.61. The van der Waals surface area contributed by atoms with Crippen molar-refractivity contribution >= 4 is 50.9 Å². The molecule has 180 valence electrons. The second-order valence-corrected chi connectivity index (χ2v) is 9.66. The van der Waals surface area contributed by atoms with Crippen molar-refractivity contribution in [3.8, 4) is 5.75 Å². The maximum atomic E-state index is 13.1. The van der Waals surface area contributed by atoms with Crippen LogP contribution in [0.4, 0.5) is 17.2 Å². The smallest absolute Gasteiger partial charge is 0.226 e. The van der Waals surface area contributed by atoms with Gasteiger partial charge in [-0.3, -0.25) is 10.2 Å². The van der Waals surface area contributed by atoms with Gasteiger partial charge >= 0.3 is 0 Å². The standard InChI is InChI=1S/C24H30N6O3S/c1-13(11-32-3)30(2)24(31)14-5-6-16-20(8-14)34-23-21(16)22(27-12-28-23)29-18-7-15(10-25)17(26)9-19(18)33-4/h7,9-10,12-14,25H,5-6,8,11,26H2,1-4H3,(H,27,28,29)/p+1/t13-,14+/m1/s1. The van der Waals surface area contributed by atoms with Crippen LogP contribution >= 0.6 is 11.3 Å². The predicted octanol–water partition coefficient (Wildman–Crippen LogP) is 1.80. The number of fused-ring (bicyclic) bond motifs is 3. The van der Waals surface area contributed by atoms with E-state index in [-0.39, 0.29) is 17.9 Å². The molecule has 5 N–H and O–H groups in total. The highest BCUT2D eigenvalue weighted by molar-refractivity contribution is 7.19. The monoisotopic (exact) mass is 483 g/mol. The lowest BCUT2D eigenvalue weighted by Gasteiger charge is -2.30. The Labute approximate surface area is 202 Å². The zero-order chi connectivity index (χ0) is 24.4. The number of benzene rings is 1. The number of rotatable bonds is 8. The zero-order valence-corrected chi connectivity index (χ0v) is 20.7. The van der Waals surface area contributed by atoms with Crippen molar-refractivity contribution in [1.82, 2.24) is 14.9 Å². The van der Waals surface area contributed by atoms with Gasteiger partial charge in [0.15, 0.2) is 6.21 Å². The first-order valence-electron chi connectivity index (χ1n) is 11.2. The van der Waals surface area contributed by atoms with Crippen LogP contribution in [0.15, 0.2) is 18.5 Å². The third-order valence-electron chi connectivity index (χ3n) is 6.45. The molecule has 0 saturated carbocycles. The van der Waals surface area contributed by atoms with E-state index < -0.39 is 0 Å². The van der Waals surface area contributed by atoms with Gasteiger partial charge in [0.1, 0.15) is 22.7 Å². The largest absolute Gasteiger partial charge is 0.494 e. The Morgan fingerprint density at radius 3 is 2.91 bits per heavy atom. The van der Waals surface area contributed by atoms with E-state index in [1.165, 1.54) is 16.7 Å². The van der Waals surface area contributed by atoms with Crippen molar-refractivity contribution < 1.29 is 19.7 Å². The van der Waals surface area contributed by atoms with Crippen LogP contribution in [0.1, 0.15) is 29.3 Å². The lowest BCUT2D eigenvalue weighted by atomic mass is 9.86. The molecule has 4 rings (SSSR count). The van der Waals surface area contributed by atoms with Crippen molar-refractivity contribution in [3.05, 3.63) is 34.5 Å². The Hall–Kier alpha value is -3.24. The average molecular weight is 484 g/mol. The molecule has 1 amide bonds. The molecule has 34 heavy (non-hydrogen) atoms. The summed E-state index contributed by atoms with van der Waals surface area (Å²) in [5, 5.41) is 10.1. The molecule has 2 aromatic heterocycles. The number of carbonyl (C=O) groups excluding carboxylic acids is 1. The molecular formula is C24H31N6O3S+. The molecular weight excluding hydrogens is 452 g/mol. The molecule has 2 atom stereocenters. The molecule has 0 saturated heterocycles. The van der Waals surface area contributed by atoms with E-state index in [0.717, 1.165) is 23.1 Å². The van der Waals surface area contributed by atoms with E-state index >= 15 is 0 Å². The molecule has 10 heteroatoms. The molecule has 0 aliphatic heterocycles. The molecule has 1 aliphatic carbocycles. The van der Waals surface area contributed by atoms with Crippen molar-refractivity contribution in [3.63, 3.8) is 0 Å². The number of likely N-dealkylation sites (N-methyl/N-ethyl adjacent to an activating group) is 1. The number of anilines is 3. The molecule has 0 radical (unpaired) electrons. The number of nitrogens with one attached hydrogen (secondary N) is 1. The Balaban J connectivity index is 1.65. The van der Waals surface area contributed by atoms with E-state index in [1.807, 2.05) is 20.0 Å². The number of nitrogen functional groups attached to an aromatic ring is 1. The van der Waals surface area contributed by atoms with Crippen LogP contribution in [0.25, 0.3) is 10.2 Å². The quantitative estimate of drug-likeness (QED) is 0.329. The SMILES string of the molecule is COC[C@@H](C)N(C)C(=O)[C@H]1CCc2c(sc3ncnc(Nc4cc(C=[NH2+])c(N)cc4OC)c23)C1. The zero-order valence-electron chi connectivity index (χ0n) is 19.9. The first-order valence-corrected chi connectivity index (χ1v) is 12.0. The molecule has 3 aromatic rings. The van der Waals surface area contributed by atoms with Crippen LogP contribution in [0.5, 0.6) is 5.75 Å². The second-order valence-electron chi connectivity index (χ2n) is 8.57. The normalized spacial score (nSPS) is 16.1. The fourth-order valence-electron chi connectivity index (χ4n) is 4.42. The number of aryl methyl sites for hydroxylation is 1. The molecule has 0 spiro atoms. The number of nitrogens with two attached hydrogens (primary N) is 2. The van der Waals surface area contributed by atoms with Crippen molar-refractivity contribution in [2.24, 2.45) is 5.92 Å². The average Bonchev–Trinajstić information content (AvgIpc) is 3.22. The summed E-state index contributed by atoms with van der Waals surface area (Å²) in [6.07, 6.45) is 5.30. The number of ether oxygens (including phenoxy) is 2. The maximum absolute atomic E-state index is 13.1. The molecule has 0 unspecified atom stereocenters. The van der Waals surface area contributed by atoms with Gasteiger partial charge in [-0.25, -0.2) is 9.97 Å². The lowest BCUT2D eigenvalue weighted by Crippen LogP contribution is -2.42. The van der Waals surface area contributed by atoms with Crippen LogP contribution in [0.3, 0.4) is 0 Å². The number of aromatic nitrogens is 2. The van der Waals surface area contributed by atoms with Gasteiger partial charge < -0.3 is 25.4 Å². The molecule has 0 bridgehead atoms. The van der Waals surface area contributed by atoms with E-state index in [9.17, 15) is 4.79 Å². The summed E-state index contributed by atoms with van der Waals surface area (Å²) in [5.74, 6) is 1.41. The summed E-state index contributed by atoms with van der Waals surface area (Å²) >= 11 is 1.63. The van der Waals surface area contributed by atoms with Crippen LogP contribution in [-0.4, -0.2) is 60.9 Å². The number of amides is 1. The molecule has 0 fully saturated rings. The Morgan fingerprint density at radius 2 is 2.21 bits per heavy atom. The minimum atomic E-state index is -0.0471. The van der Waals surface area contributed by atoms with Crippen LogP contribution in [0, 0.1) is 5.92 Å². The van der Waals surface area contributed by atoms with Crippen LogP contribution in [0.2, 0.25) is 0 Å². The van der Waals surface area contributed by atoms with E-state index in [4.69, 9.17) is 20.6 Å². The summed E-state index contributed by atoms with van der Waals surface area (Å²) in [6.45, 7) is 2.52. The first kappa shape index (κ1) is 23.9. The molecule has 2 heterocycles. The highest BCUT2D eigenvalue weighted by Gasteiger charge is 2.32. The van der Waals surface area contributed by atoms with Crippen molar-refractivity contribution in [2.45, 2.75) is 32.2 Å². The Bertz CT molecular complexity index is 1230. The number of hydrogen-bond donors (Lipinski definition) is 3. The van der Waals surface area contributed by atoms with Gasteiger partial charge in [-0.2, -0.15) is 0 Å². The van der Waals surface area contributed by atoms with Crippen LogP contribution in [-0.2, 0) is 22.4 Å². The van der Waals surface area contributed by atoms with E-state index in [0.29, 0.717) is 41.5 Å². The minimum absolute atomic E-state index is 0.0357. The summed E-state index contributed by atoms with van der Waals surface area (Å²) in [6, 6.07) is 3.61. The van der Waals surface area contributed by atoms with Gasteiger partial charge in [-0.1, -0.05) is 0 Å².